The zero-order valence-corrected chi connectivity index (χ0v) is 71.4. The van der Waals surface area contributed by atoms with Gasteiger partial charge in [-0.1, -0.05) is 420 Å². The molecule has 0 heterocycles. The molecule has 5 atom stereocenters. The van der Waals surface area contributed by atoms with Gasteiger partial charge in [-0.15, -0.1) is 0 Å². The van der Waals surface area contributed by atoms with Crippen LogP contribution in [0.5, 0.6) is 0 Å². The molecule has 0 aromatic carbocycles. The third-order valence-electron chi connectivity index (χ3n) is 20.5. The van der Waals surface area contributed by atoms with Gasteiger partial charge in [0.05, 0.1) is 26.4 Å². The lowest BCUT2D eigenvalue weighted by atomic mass is 10.0. The molecule has 0 aromatic rings. The van der Waals surface area contributed by atoms with Crippen LogP contribution in [0.15, 0.2) is 0 Å². The van der Waals surface area contributed by atoms with Crippen molar-refractivity contribution in [2.45, 2.75) is 490 Å². The number of esters is 4. The molecule has 630 valence electrons. The van der Waals surface area contributed by atoms with Crippen LogP contribution in [-0.4, -0.2) is 96.7 Å². The molecular formula is C87H170O17P2. The first kappa shape index (κ1) is 104. The van der Waals surface area contributed by atoms with E-state index >= 15 is 0 Å². The SMILES string of the molecule is CCCCCCCCCCCCCCCCCCCCCCCCC(=O)O[C@H](COC(=O)CCCCCCCCCCCCCCCCCCC(C)C)COP(=O)(O)OC[C@@H](O)COP(=O)(O)OC[C@@H](COC(=O)CCCCCCCCCCCCC)OC(=O)CCCCCCCCCCCCCCCC. The van der Waals surface area contributed by atoms with Gasteiger partial charge in [0.2, 0.25) is 0 Å². The maximum Gasteiger partial charge on any atom is 0.472 e. The number of carbonyl (C=O) groups excluding carboxylic acids is 4. The summed E-state index contributed by atoms with van der Waals surface area (Å²) < 4.78 is 68.9. The first-order chi connectivity index (χ1) is 51.5. The molecule has 0 aliphatic rings. The topological polar surface area (TPSA) is 237 Å². The molecule has 0 amide bonds. The van der Waals surface area contributed by atoms with Gasteiger partial charge in [0.15, 0.2) is 12.2 Å². The van der Waals surface area contributed by atoms with Crippen LogP contribution >= 0.6 is 15.6 Å². The predicted molar refractivity (Wildman–Crippen MR) is 437 cm³/mol. The lowest BCUT2D eigenvalue weighted by molar-refractivity contribution is -0.161. The number of hydrogen-bond donors (Lipinski definition) is 3. The predicted octanol–water partition coefficient (Wildman–Crippen LogP) is 26.8. The Hall–Kier alpha value is -1.94. The summed E-state index contributed by atoms with van der Waals surface area (Å²) in [5.41, 5.74) is 0. The minimum absolute atomic E-state index is 0.109. The number of hydrogen-bond acceptors (Lipinski definition) is 15. The average molecular weight is 1550 g/mol. The third-order valence-corrected chi connectivity index (χ3v) is 22.4. The second kappa shape index (κ2) is 79.7. The van der Waals surface area contributed by atoms with Gasteiger partial charge in [0.1, 0.15) is 19.3 Å². The molecule has 0 radical (unpaired) electrons. The fourth-order valence-corrected chi connectivity index (χ4v) is 15.2. The third kappa shape index (κ3) is 80.1. The Balaban J connectivity index is 5.22. The summed E-state index contributed by atoms with van der Waals surface area (Å²) in [6.07, 6.45) is 73.6. The van der Waals surface area contributed by atoms with Gasteiger partial charge in [-0.2, -0.15) is 0 Å². The van der Waals surface area contributed by atoms with Crippen molar-refractivity contribution in [1.82, 2.24) is 0 Å². The van der Waals surface area contributed by atoms with Crippen LogP contribution < -0.4 is 0 Å². The van der Waals surface area contributed by atoms with Gasteiger partial charge in [-0.3, -0.25) is 37.3 Å². The molecule has 0 saturated carbocycles. The highest BCUT2D eigenvalue weighted by molar-refractivity contribution is 7.47. The lowest BCUT2D eigenvalue weighted by Crippen LogP contribution is -2.30. The van der Waals surface area contributed by atoms with Crippen molar-refractivity contribution in [3.05, 3.63) is 0 Å². The molecule has 0 aromatic heterocycles. The zero-order valence-electron chi connectivity index (χ0n) is 69.6. The summed E-state index contributed by atoms with van der Waals surface area (Å²) in [6.45, 7) is 7.40. The monoisotopic (exact) mass is 1550 g/mol. The number of aliphatic hydroxyl groups excluding tert-OH is 1. The standard InChI is InChI=1S/C87H170O17P2/c1-6-9-12-15-18-21-24-26-28-29-30-31-32-33-34-39-43-48-53-58-63-68-73-87(92)104-83(77-98-85(90)71-66-61-56-51-46-42-38-36-35-37-40-45-49-54-59-64-69-80(4)5)79-102-106(95,96)100-75-81(88)74-99-105(93,94)101-78-82(76-97-84(89)70-65-60-55-50-44-23-20-17-14-11-8-3)103-86(91)72-67-62-57-52-47-41-27-25-22-19-16-13-10-7-2/h80-83,88H,6-79H2,1-5H3,(H,93,94)(H,95,96)/t81-,82+,83+/m0/s1. The van der Waals surface area contributed by atoms with Crippen LogP contribution in [0.3, 0.4) is 0 Å². The van der Waals surface area contributed by atoms with Crippen molar-refractivity contribution in [3.63, 3.8) is 0 Å². The second-order valence-corrected chi connectivity index (χ2v) is 34.7. The number of unbranched alkanes of at least 4 members (excludes halogenated alkanes) is 59. The molecule has 0 aliphatic heterocycles. The van der Waals surface area contributed by atoms with E-state index in [-0.39, 0.29) is 25.7 Å². The number of phosphoric acid groups is 2. The average Bonchev–Trinajstić information content (AvgIpc) is 0.908. The highest BCUT2D eigenvalue weighted by Crippen LogP contribution is 2.45. The molecule has 106 heavy (non-hydrogen) atoms. The Morgan fingerprint density at radius 3 is 0.642 bits per heavy atom. The number of phosphoric ester groups is 2. The van der Waals surface area contributed by atoms with E-state index in [1.807, 2.05) is 0 Å². The van der Waals surface area contributed by atoms with Gasteiger partial charge in [-0.25, -0.2) is 9.13 Å². The van der Waals surface area contributed by atoms with E-state index in [9.17, 15) is 43.2 Å². The number of carbonyl (C=O) groups is 4. The van der Waals surface area contributed by atoms with Gasteiger partial charge < -0.3 is 33.8 Å². The van der Waals surface area contributed by atoms with Crippen LogP contribution in [0.25, 0.3) is 0 Å². The van der Waals surface area contributed by atoms with Crippen LogP contribution in [0.2, 0.25) is 0 Å². The van der Waals surface area contributed by atoms with E-state index in [1.165, 1.54) is 295 Å². The Morgan fingerprint density at radius 1 is 0.255 bits per heavy atom. The smallest absolute Gasteiger partial charge is 0.462 e. The van der Waals surface area contributed by atoms with Crippen LogP contribution in [0.4, 0.5) is 0 Å². The summed E-state index contributed by atoms with van der Waals surface area (Å²) in [7, 11) is -9.93. The van der Waals surface area contributed by atoms with E-state index < -0.39 is 97.5 Å². The van der Waals surface area contributed by atoms with Crippen LogP contribution in [0, 0.1) is 5.92 Å². The highest BCUT2D eigenvalue weighted by Gasteiger charge is 2.30. The van der Waals surface area contributed by atoms with E-state index in [2.05, 4.69) is 34.6 Å². The summed E-state index contributed by atoms with van der Waals surface area (Å²) >= 11 is 0. The molecular weight excluding hydrogens is 1380 g/mol. The van der Waals surface area contributed by atoms with Crippen molar-refractivity contribution < 1.29 is 80.2 Å². The normalized spacial score (nSPS) is 13.7. The molecule has 2 unspecified atom stereocenters. The van der Waals surface area contributed by atoms with E-state index in [0.717, 1.165) is 95.8 Å². The quantitative estimate of drug-likeness (QED) is 0.0222. The number of aliphatic hydroxyl groups is 1. The van der Waals surface area contributed by atoms with Gasteiger partial charge in [0, 0.05) is 25.7 Å². The Bertz CT molecular complexity index is 2010. The molecule has 0 saturated heterocycles. The van der Waals surface area contributed by atoms with Crippen LogP contribution in [0.1, 0.15) is 471 Å². The first-order valence-electron chi connectivity index (χ1n) is 45.1. The Labute approximate surface area is 651 Å². The molecule has 0 spiro atoms. The highest BCUT2D eigenvalue weighted by atomic mass is 31.2. The van der Waals surface area contributed by atoms with Crippen molar-refractivity contribution in [2.75, 3.05) is 39.6 Å². The minimum atomic E-state index is -4.97. The van der Waals surface area contributed by atoms with Gasteiger partial charge in [-0.05, 0) is 31.6 Å². The number of ether oxygens (including phenoxy) is 4. The summed E-state index contributed by atoms with van der Waals surface area (Å²) in [5.74, 6) is -1.29. The van der Waals surface area contributed by atoms with Gasteiger partial charge in [0.25, 0.3) is 0 Å². The molecule has 19 heteroatoms. The molecule has 17 nitrogen and oxygen atoms in total. The van der Waals surface area contributed by atoms with E-state index in [1.54, 1.807) is 0 Å². The van der Waals surface area contributed by atoms with E-state index in [4.69, 9.17) is 37.0 Å². The largest absolute Gasteiger partial charge is 0.472 e. The van der Waals surface area contributed by atoms with Crippen molar-refractivity contribution in [2.24, 2.45) is 5.92 Å². The maximum absolute atomic E-state index is 13.2. The van der Waals surface area contributed by atoms with Crippen molar-refractivity contribution >= 4 is 39.5 Å². The van der Waals surface area contributed by atoms with Crippen LogP contribution in [-0.2, 0) is 65.4 Å². The summed E-state index contributed by atoms with van der Waals surface area (Å²) in [6, 6.07) is 0. The van der Waals surface area contributed by atoms with Crippen molar-refractivity contribution in [3.8, 4) is 0 Å². The molecule has 0 fully saturated rings. The fraction of sp³-hybridized carbons (Fsp3) is 0.954. The van der Waals surface area contributed by atoms with Gasteiger partial charge >= 0.3 is 39.5 Å². The minimum Gasteiger partial charge on any atom is -0.462 e. The maximum atomic E-state index is 13.2. The summed E-state index contributed by atoms with van der Waals surface area (Å²) in [4.78, 5) is 73.2. The molecule has 0 rings (SSSR count). The second-order valence-electron chi connectivity index (χ2n) is 31.8. The lowest BCUT2D eigenvalue weighted by Gasteiger charge is -2.21. The Morgan fingerprint density at radius 2 is 0.434 bits per heavy atom. The van der Waals surface area contributed by atoms with E-state index in [0.29, 0.717) is 25.7 Å². The molecule has 3 N–H and O–H groups in total. The number of rotatable bonds is 87. The first-order valence-corrected chi connectivity index (χ1v) is 48.1. The Kier molecular flexibility index (Phi) is 78.2. The zero-order chi connectivity index (χ0) is 77.6. The molecule has 0 aliphatic carbocycles. The fourth-order valence-electron chi connectivity index (χ4n) is 13.6. The van der Waals surface area contributed by atoms with Crippen molar-refractivity contribution in [1.29, 1.82) is 0 Å². The summed E-state index contributed by atoms with van der Waals surface area (Å²) in [5, 5.41) is 10.7. The molecule has 0 bridgehead atoms.